The highest BCUT2D eigenvalue weighted by Crippen LogP contribution is 2.39. The normalized spacial score (nSPS) is 32.6. The molecule has 0 unspecified atom stereocenters. The second-order valence-electron chi connectivity index (χ2n) is 4.68. The molecule has 1 saturated heterocycles. The van der Waals surface area contributed by atoms with Crippen molar-refractivity contribution in [3.05, 3.63) is 35.4 Å². The number of fused-ring (bicyclic) bond motifs is 2. The second-order valence-corrected chi connectivity index (χ2v) is 4.68. The van der Waals surface area contributed by atoms with Crippen LogP contribution in [0.25, 0.3) is 0 Å². The van der Waals surface area contributed by atoms with Gasteiger partial charge in [-0.25, -0.2) is 0 Å². The van der Waals surface area contributed by atoms with Crippen LogP contribution < -0.4 is 5.32 Å². The van der Waals surface area contributed by atoms with E-state index in [2.05, 4.69) is 17.4 Å². The molecule has 3 nitrogen and oxygen atoms in total. The van der Waals surface area contributed by atoms with Gasteiger partial charge in [-0.2, -0.15) is 0 Å². The topological polar surface area (TPSA) is 38.3 Å². The first kappa shape index (κ1) is 10.00. The maximum absolute atomic E-state index is 11.2. The van der Waals surface area contributed by atoms with E-state index < -0.39 is 0 Å². The van der Waals surface area contributed by atoms with E-state index in [-0.39, 0.29) is 11.3 Å². The molecule has 1 aromatic rings. The van der Waals surface area contributed by atoms with Gasteiger partial charge in [0.25, 0.3) is 0 Å². The van der Waals surface area contributed by atoms with Crippen molar-refractivity contribution in [1.29, 1.82) is 0 Å². The summed E-state index contributed by atoms with van der Waals surface area (Å²) in [4.78, 5) is 11.2. The lowest BCUT2D eigenvalue weighted by molar-refractivity contribution is -0.113. The first-order valence-corrected chi connectivity index (χ1v) is 5.69. The second kappa shape index (κ2) is 3.68. The van der Waals surface area contributed by atoms with E-state index in [1.165, 1.54) is 11.1 Å². The summed E-state index contributed by atoms with van der Waals surface area (Å²) in [5.41, 5.74) is 2.39. The summed E-state index contributed by atoms with van der Waals surface area (Å²) in [6.45, 7) is 2.93. The predicted octanol–water partition coefficient (Wildman–Crippen LogP) is 0.873. The summed E-state index contributed by atoms with van der Waals surface area (Å²) < 4.78 is 5.67. The molecule has 1 fully saturated rings. The lowest BCUT2D eigenvalue weighted by Gasteiger charge is -2.37. The quantitative estimate of drug-likeness (QED) is 0.709. The van der Waals surface area contributed by atoms with E-state index in [0.717, 1.165) is 19.4 Å². The van der Waals surface area contributed by atoms with Gasteiger partial charge in [-0.3, -0.25) is 0 Å². The average Bonchev–Trinajstić information content (AvgIpc) is 2.73. The van der Waals surface area contributed by atoms with Crippen LogP contribution >= 0.6 is 0 Å². The molecular weight excluding hydrogens is 202 g/mol. The van der Waals surface area contributed by atoms with Gasteiger partial charge in [0, 0.05) is 24.4 Å². The number of benzene rings is 1. The zero-order valence-electron chi connectivity index (χ0n) is 9.11. The van der Waals surface area contributed by atoms with E-state index in [9.17, 15) is 4.79 Å². The van der Waals surface area contributed by atoms with Crippen molar-refractivity contribution in [2.24, 2.45) is 5.92 Å². The average molecular weight is 217 g/mol. The largest absolute Gasteiger partial charge is 0.376 e. The highest BCUT2D eigenvalue weighted by molar-refractivity contribution is 5.60. The Morgan fingerprint density at radius 2 is 2.31 bits per heavy atom. The van der Waals surface area contributed by atoms with Crippen molar-refractivity contribution in [3.63, 3.8) is 0 Å². The number of carbonyl (C=O) groups is 1. The van der Waals surface area contributed by atoms with Crippen LogP contribution in [-0.4, -0.2) is 26.0 Å². The molecule has 2 aliphatic heterocycles. The van der Waals surface area contributed by atoms with Crippen LogP contribution in [-0.2, 0) is 21.6 Å². The van der Waals surface area contributed by atoms with Crippen LogP contribution in [0.15, 0.2) is 24.3 Å². The van der Waals surface area contributed by atoms with Gasteiger partial charge in [-0.1, -0.05) is 24.3 Å². The minimum absolute atomic E-state index is 0.0361. The van der Waals surface area contributed by atoms with Crippen LogP contribution in [0.2, 0.25) is 0 Å². The molecule has 3 rings (SSSR count). The number of ether oxygens (including phenoxy) is 1. The van der Waals surface area contributed by atoms with Crippen LogP contribution in [0.4, 0.5) is 0 Å². The number of rotatable bonds is 1. The molecule has 3 heteroatoms. The van der Waals surface area contributed by atoms with Gasteiger partial charge in [0.1, 0.15) is 6.29 Å². The Kier molecular flexibility index (Phi) is 2.30. The number of nitrogens with one attached hydrogen (secondary N) is 1. The minimum atomic E-state index is -0.128. The van der Waals surface area contributed by atoms with Crippen molar-refractivity contribution in [3.8, 4) is 0 Å². The molecule has 0 bridgehead atoms. The molecule has 16 heavy (non-hydrogen) atoms. The van der Waals surface area contributed by atoms with E-state index in [4.69, 9.17) is 4.74 Å². The molecule has 84 valence electrons. The molecule has 0 radical (unpaired) electrons. The number of hydrogen-bond acceptors (Lipinski definition) is 3. The van der Waals surface area contributed by atoms with Crippen molar-refractivity contribution >= 4 is 6.29 Å². The first-order valence-electron chi connectivity index (χ1n) is 5.69. The molecular formula is C13H15NO2. The fourth-order valence-electron chi connectivity index (χ4n) is 2.96. The number of hydrogen-bond donors (Lipinski definition) is 1. The van der Waals surface area contributed by atoms with Gasteiger partial charge < -0.3 is 14.8 Å². The molecule has 2 heterocycles. The van der Waals surface area contributed by atoms with Crippen molar-refractivity contribution < 1.29 is 9.53 Å². The summed E-state index contributed by atoms with van der Waals surface area (Å²) >= 11 is 0. The zero-order valence-corrected chi connectivity index (χ0v) is 9.11. The summed E-state index contributed by atoms with van der Waals surface area (Å²) in [7, 11) is 0. The molecule has 2 atom stereocenters. The van der Waals surface area contributed by atoms with Gasteiger partial charge >= 0.3 is 0 Å². The molecule has 1 N–H and O–H groups in total. The van der Waals surface area contributed by atoms with Gasteiger partial charge in [0.2, 0.25) is 0 Å². The number of carbonyl (C=O) groups excluding carboxylic acids is 1. The molecule has 0 aliphatic carbocycles. The maximum atomic E-state index is 11.2. The first-order chi connectivity index (χ1) is 7.87. The summed E-state index contributed by atoms with van der Waals surface area (Å²) in [5.74, 6) is 0.0361. The molecule has 0 saturated carbocycles. The van der Waals surface area contributed by atoms with Gasteiger partial charge in [-0.05, 0) is 11.1 Å². The molecule has 0 amide bonds. The summed E-state index contributed by atoms with van der Waals surface area (Å²) in [6.07, 6.45) is 1.07. The Labute approximate surface area is 94.8 Å². The number of aldehydes is 1. The van der Waals surface area contributed by atoms with Crippen molar-refractivity contribution in [2.45, 2.75) is 12.0 Å². The Hall–Kier alpha value is -1.19. The molecule has 1 spiro atoms. The van der Waals surface area contributed by atoms with E-state index in [0.29, 0.717) is 13.2 Å². The van der Waals surface area contributed by atoms with E-state index in [1.807, 2.05) is 12.1 Å². The van der Waals surface area contributed by atoms with Crippen LogP contribution in [0.1, 0.15) is 11.1 Å². The van der Waals surface area contributed by atoms with Crippen LogP contribution in [0.3, 0.4) is 0 Å². The minimum Gasteiger partial charge on any atom is -0.376 e. The fourth-order valence-corrected chi connectivity index (χ4v) is 2.96. The molecule has 2 aliphatic rings. The standard InChI is InChI=1S/C13H15NO2/c15-6-11-5-14-8-13(11)9-16-7-10-3-1-2-4-12(10)13/h1-4,6,11,14H,5,7-9H2/t11-,13-/m0/s1. The third-order valence-electron chi connectivity index (χ3n) is 3.85. The van der Waals surface area contributed by atoms with Crippen LogP contribution in [0.5, 0.6) is 0 Å². The highest BCUT2D eigenvalue weighted by atomic mass is 16.5. The Morgan fingerprint density at radius 1 is 1.44 bits per heavy atom. The van der Waals surface area contributed by atoms with Gasteiger partial charge in [0.15, 0.2) is 0 Å². The lowest BCUT2D eigenvalue weighted by atomic mass is 9.71. The summed E-state index contributed by atoms with van der Waals surface area (Å²) in [6, 6.07) is 8.31. The molecule has 1 aromatic carbocycles. The zero-order chi connectivity index (χ0) is 11.0. The van der Waals surface area contributed by atoms with E-state index >= 15 is 0 Å². The smallest absolute Gasteiger partial charge is 0.125 e. The summed E-state index contributed by atoms with van der Waals surface area (Å²) in [5, 5.41) is 3.31. The Balaban J connectivity index is 2.12. The van der Waals surface area contributed by atoms with E-state index in [1.54, 1.807) is 0 Å². The lowest BCUT2D eigenvalue weighted by Crippen LogP contribution is -2.44. The van der Waals surface area contributed by atoms with Crippen molar-refractivity contribution in [2.75, 3.05) is 19.7 Å². The predicted molar refractivity (Wildman–Crippen MR) is 60.2 cm³/mol. The van der Waals surface area contributed by atoms with Gasteiger partial charge in [-0.15, -0.1) is 0 Å². The van der Waals surface area contributed by atoms with Gasteiger partial charge in [0.05, 0.1) is 13.2 Å². The Morgan fingerprint density at radius 3 is 3.19 bits per heavy atom. The fraction of sp³-hybridized carbons (Fsp3) is 0.462. The Bertz CT molecular complexity index is 418. The van der Waals surface area contributed by atoms with Crippen LogP contribution in [0, 0.1) is 5.92 Å². The third-order valence-corrected chi connectivity index (χ3v) is 3.85. The SMILES string of the molecule is O=C[C@@H]1CNC[C@]12COCc1ccccc12. The maximum Gasteiger partial charge on any atom is 0.125 e. The third kappa shape index (κ3) is 1.25. The highest BCUT2D eigenvalue weighted by Gasteiger charge is 2.47. The monoisotopic (exact) mass is 217 g/mol. The van der Waals surface area contributed by atoms with Crippen molar-refractivity contribution in [1.82, 2.24) is 5.32 Å². The molecule has 0 aromatic heterocycles.